The van der Waals surface area contributed by atoms with E-state index in [1.54, 1.807) is 18.2 Å². The molecule has 0 aliphatic heterocycles. The minimum absolute atomic E-state index is 0.0656. The molecule has 0 saturated heterocycles. The molecular weight excluding hydrogens is 325 g/mol. The first-order valence-electron chi connectivity index (χ1n) is 8.40. The van der Waals surface area contributed by atoms with Gasteiger partial charge in [-0.05, 0) is 37.0 Å². The van der Waals surface area contributed by atoms with Crippen LogP contribution in [-0.2, 0) is 4.79 Å². The zero-order valence-corrected chi connectivity index (χ0v) is 13.7. The van der Waals surface area contributed by atoms with Gasteiger partial charge in [-0.2, -0.15) is 5.10 Å². The number of carboxylic acid groups (broad SMARTS) is 1. The number of benzene rings is 1. The van der Waals surface area contributed by atoms with E-state index in [1.165, 1.54) is 12.1 Å². The molecule has 0 radical (unpaired) electrons. The number of carbonyl (C=O) groups excluding carboxylic acids is 1. The van der Waals surface area contributed by atoms with E-state index in [4.69, 9.17) is 0 Å². The van der Waals surface area contributed by atoms with E-state index in [0.29, 0.717) is 5.69 Å². The van der Waals surface area contributed by atoms with E-state index in [-0.39, 0.29) is 17.2 Å². The van der Waals surface area contributed by atoms with Gasteiger partial charge in [0.2, 0.25) is 0 Å². The lowest BCUT2D eigenvalue weighted by atomic mass is 9.84. The number of halogens is 1. The highest BCUT2D eigenvalue weighted by Gasteiger charge is 2.31. The van der Waals surface area contributed by atoms with Gasteiger partial charge in [-0.3, -0.25) is 9.89 Å². The van der Waals surface area contributed by atoms with Crippen molar-refractivity contribution in [1.29, 1.82) is 0 Å². The Balaban J connectivity index is 1.74. The number of carboxylic acids is 1. The van der Waals surface area contributed by atoms with Crippen molar-refractivity contribution < 1.29 is 19.1 Å². The molecule has 1 heterocycles. The number of hydrogen-bond donors (Lipinski definition) is 3. The highest BCUT2D eigenvalue weighted by molar-refractivity contribution is 5.95. The topological polar surface area (TPSA) is 95.1 Å². The molecule has 2 aromatic rings. The Morgan fingerprint density at radius 3 is 2.64 bits per heavy atom. The number of rotatable bonds is 5. The van der Waals surface area contributed by atoms with E-state index < -0.39 is 23.7 Å². The summed E-state index contributed by atoms with van der Waals surface area (Å²) in [6.07, 6.45) is 4.64. The summed E-state index contributed by atoms with van der Waals surface area (Å²) in [6.45, 7) is 0. The van der Waals surface area contributed by atoms with Crippen LogP contribution in [0.25, 0.3) is 11.3 Å². The second kappa shape index (κ2) is 7.46. The average Bonchev–Trinajstić information content (AvgIpc) is 3.10. The molecule has 3 rings (SSSR count). The Hall–Kier alpha value is -2.70. The van der Waals surface area contributed by atoms with Crippen LogP contribution in [0, 0.1) is 11.7 Å². The van der Waals surface area contributed by atoms with Gasteiger partial charge in [-0.25, -0.2) is 9.18 Å². The predicted octanol–water partition coefficient (Wildman–Crippen LogP) is 2.98. The fourth-order valence-electron chi connectivity index (χ4n) is 3.31. The number of nitrogens with one attached hydrogen (secondary N) is 2. The van der Waals surface area contributed by atoms with Crippen molar-refractivity contribution in [2.45, 2.75) is 38.1 Å². The van der Waals surface area contributed by atoms with E-state index in [9.17, 15) is 19.1 Å². The van der Waals surface area contributed by atoms with Crippen LogP contribution in [0.3, 0.4) is 0 Å². The van der Waals surface area contributed by atoms with E-state index in [1.807, 2.05) is 0 Å². The number of aromatic nitrogens is 2. The summed E-state index contributed by atoms with van der Waals surface area (Å²) in [4.78, 5) is 23.9. The molecule has 1 aliphatic rings. The van der Waals surface area contributed by atoms with Gasteiger partial charge in [0.1, 0.15) is 17.6 Å². The first-order valence-corrected chi connectivity index (χ1v) is 8.40. The van der Waals surface area contributed by atoms with Crippen LogP contribution in [-0.4, -0.2) is 33.2 Å². The Morgan fingerprint density at radius 2 is 1.96 bits per heavy atom. The summed E-state index contributed by atoms with van der Waals surface area (Å²) in [5.74, 6) is -2.09. The minimum Gasteiger partial charge on any atom is -0.480 e. The zero-order chi connectivity index (χ0) is 17.8. The van der Waals surface area contributed by atoms with E-state index >= 15 is 0 Å². The summed E-state index contributed by atoms with van der Waals surface area (Å²) in [5.41, 5.74) is 0.688. The molecule has 6 nitrogen and oxygen atoms in total. The monoisotopic (exact) mass is 345 g/mol. The van der Waals surface area contributed by atoms with Crippen LogP contribution >= 0.6 is 0 Å². The summed E-state index contributed by atoms with van der Waals surface area (Å²) < 4.78 is 13.8. The number of nitrogens with zero attached hydrogens (tertiary/aromatic N) is 1. The molecule has 1 aromatic heterocycles. The third-order valence-corrected chi connectivity index (χ3v) is 4.65. The van der Waals surface area contributed by atoms with Gasteiger partial charge in [-0.1, -0.05) is 31.4 Å². The molecule has 1 aliphatic carbocycles. The Bertz CT molecular complexity index is 768. The maximum absolute atomic E-state index is 13.8. The normalized spacial score (nSPS) is 16.4. The Morgan fingerprint density at radius 1 is 1.24 bits per heavy atom. The third-order valence-electron chi connectivity index (χ3n) is 4.65. The molecule has 1 fully saturated rings. The summed E-state index contributed by atoms with van der Waals surface area (Å²) in [6, 6.07) is 6.63. The molecule has 1 amide bonds. The molecule has 7 heteroatoms. The standard InChI is InChI=1S/C18H20FN3O3/c19-13-9-5-4-8-12(13)14-10-15(22-21-14)17(23)20-16(18(24)25)11-6-2-1-3-7-11/h4-5,8-11,16H,1-3,6-7H2,(H,20,23)(H,21,22)(H,24,25)/t16-/m0/s1. The maximum Gasteiger partial charge on any atom is 0.326 e. The quantitative estimate of drug-likeness (QED) is 0.776. The molecule has 0 bridgehead atoms. The zero-order valence-electron chi connectivity index (χ0n) is 13.7. The molecule has 1 atom stereocenters. The lowest BCUT2D eigenvalue weighted by Gasteiger charge is -2.27. The molecular formula is C18H20FN3O3. The second-order valence-electron chi connectivity index (χ2n) is 6.33. The smallest absolute Gasteiger partial charge is 0.326 e. The van der Waals surface area contributed by atoms with Gasteiger partial charge >= 0.3 is 5.97 Å². The SMILES string of the molecule is O=C(N[C@H](C(=O)O)C1CCCCC1)c1cc(-c2ccccc2F)n[nH]1. The number of amides is 1. The van der Waals surface area contributed by atoms with Crippen molar-refractivity contribution in [3.8, 4) is 11.3 Å². The van der Waals surface area contributed by atoms with Crippen molar-refractivity contribution in [3.63, 3.8) is 0 Å². The first-order chi connectivity index (χ1) is 12.1. The third kappa shape index (κ3) is 3.87. The fourth-order valence-corrected chi connectivity index (χ4v) is 3.31. The van der Waals surface area contributed by atoms with Crippen molar-refractivity contribution >= 4 is 11.9 Å². The lowest BCUT2D eigenvalue weighted by molar-refractivity contribution is -0.141. The number of H-pyrrole nitrogens is 1. The number of aromatic amines is 1. The molecule has 3 N–H and O–H groups in total. The van der Waals surface area contributed by atoms with Crippen molar-refractivity contribution in [1.82, 2.24) is 15.5 Å². The van der Waals surface area contributed by atoms with Gasteiger partial charge in [0.25, 0.3) is 5.91 Å². The van der Waals surface area contributed by atoms with Crippen LogP contribution < -0.4 is 5.32 Å². The summed E-state index contributed by atoms with van der Waals surface area (Å²) in [5, 5.41) is 18.5. The van der Waals surface area contributed by atoms with E-state index in [0.717, 1.165) is 32.1 Å². The van der Waals surface area contributed by atoms with Gasteiger partial charge in [-0.15, -0.1) is 0 Å². The van der Waals surface area contributed by atoms with Crippen LogP contribution in [0.15, 0.2) is 30.3 Å². The molecule has 0 unspecified atom stereocenters. The molecule has 132 valence electrons. The van der Waals surface area contributed by atoms with Crippen LogP contribution in [0.1, 0.15) is 42.6 Å². The molecule has 0 spiro atoms. The van der Waals surface area contributed by atoms with E-state index in [2.05, 4.69) is 15.5 Å². The van der Waals surface area contributed by atoms with Crippen LogP contribution in [0.5, 0.6) is 0 Å². The van der Waals surface area contributed by atoms with Crippen molar-refractivity contribution in [2.75, 3.05) is 0 Å². The second-order valence-corrected chi connectivity index (χ2v) is 6.33. The predicted molar refractivity (Wildman–Crippen MR) is 89.4 cm³/mol. The van der Waals surface area contributed by atoms with Crippen molar-refractivity contribution in [2.24, 2.45) is 5.92 Å². The maximum atomic E-state index is 13.8. The molecule has 25 heavy (non-hydrogen) atoms. The average molecular weight is 345 g/mol. The van der Waals surface area contributed by atoms with Gasteiger partial charge in [0, 0.05) is 5.56 Å². The first kappa shape index (κ1) is 17.1. The molecule has 1 saturated carbocycles. The summed E-state index contributed by atoms with van der Waals surface area (Å²) >= 11 is 0. The number of hydrogen-bond acceptors (Lipinski definition) is 3. The van der Waals surface area contributed by atoms with Gasteiger partial charge in [0.15, 0.2) is 0 Å². The number of carbonyl (C=O) groups is 2. The van der Waals surface area contributed by atoms with Crippen molar-refractivity contribution in [3.05, 3.63) is 41.8 Å². The summed E-state index contributed by atoms with van der Waals surface area (Å²) in [7, 11) is 0. The highest BCUT2D eigenvalue weighted by atomic mass is 19.1. The lowest BCUT2D eigenvalue weighted by Crippen LogP contribution is -2.46. The Kier molecular flexibility index (Phi) is 5.11. The minimum atomic E-state index is -1.03. The largest absolute Gasteiger partial charge is 0.480 e. The van der Waals surface area contributed by atoms with Gasteiger partial charge < -0.3 is 10.4 Å². The highest BCUT2D eigenvalue weighted by Crippen LogP contribution is 2.27. The Labute approximate surface area is 144 Å². The molecule has 1 aromatic carbocycles. The number of aliphatic carboxylic acids is 1. The fraction of sp³-hybridized carbons (Fsp3) is 0.389. The van der Waals surface area contributed by atoms with Crippen LogP contribution in [0.2, 0.25) is 0 Å². The van der Waals surface area contributed by atoms with Gasteiger partial charge in [0.05, 0.1) is 5.69 Å². The van der Waals surface area contributed by atoms with Crippen LogP contribution in [0.4, 0.5) is 4.39 Å².